The Bertz CT molecular complexity index is 541. The molecule has 1 amide bonds. The standard InChI is InChI=1S/C17H24N2O4/c1-13(19-6-8-22-9-7-19)11-18-17(21)12-23-16-5-3-4-15(10-16)14(2)20/h3-5,10,13H,6-9,11-12H2,1-2H3,(H,18,21). The van der Waals surface area contributed by atoms with Gasteiger partial charge >= 0.3 is 0 Å². The maximum atomic E-state index is 11.9. The highest BCUT2D eigenvalue weighted by molar-refractivity contribution is 5.94. The molecule has 0 spiro atoms. The molecule has 1 aromatic rings. The van der Waals surface area contributed by atoms with Gasteiger partial charge in [0.25, 0.3) is 5.91 Å². The lowest BCUT2D eigenvalue weighted by Gasteiger charge is -2.32. The summed E-state index contributed by atoms with van der Waals surface area (Å²) in [4.78, 5) is 25.5. The fourth-order valence-electron chi connectivity index (χ4n) is 2.41. The average molecular weight is 320 g/mol. The summed E-state index contributed by atoms with van der Waals surface area (Å²) < 4.78 is 10.8. The lowest BCUT2D eigenvalue weighted by molar-refractivity contribution is -0.123. The Morgan fingerprint density at radius 3 is 2.78 bits per heavy atom. The van der Waals surface area contributed by atoms with Crippen LogP contribution in [0.3, 0.4) is 0 Å². The van der Waals surface area contributed by atoms with Gasteiger partial charge in [0.2, 0.25) is 0 Å². The number of nitrogens with one attached hydrogen (secondary N) is 1. The van der Waals surface area contributed by atoms with Crippen molar-refractivity contribution in [1.29, 1.82) is 0 Å². The van der Waals surface area contributed by atoms with Crippen molar-refractivity contribution >= 4 is 11.7 Å². The highest BCUT2D eigenvalue weighted by Gasteiger charge is 2.17. The molecule has 1 aliphatic rings. The van der Waals surface area contributed by atoms with Crippen molar-refractivity contribution in [1.82, 2.24) is 10.2 Å². The highest BCUT2D eigenvalue weighted by atomic mass is 16.5. The number of morpholine rings is 1. The number of amides is 1. The van der Waals surface area contributed by atoms with E-state index in [0.717, 1.165) is 26.3 Å². The predicted octanol–water partition coefficient (Wildman–Crippen LogP) is 1.10. The Hall–Kier alpha value is -1.92. The number of nitrogens with zero attached hydrogens (tertiary/aromatic N) is 1. The molecular formula is C17H24N2O4. The van der Waals surface area contributed by atoms with E-state index < -0.39 is 0 Å². The molecule has 23 heavy (non-hydrogen) atoms. The Kier molecular flexibility index (Phi) is 6.55. The summed E-state index contributed by atoms with van der Waals surface area (Å²) in [7, 11) is 0. The second-order valence-corrected chi connectivity index (χ2v) is 5.67. The summed E-state index contributed by atoms with van der Waals surface area (Å²) >= 11 is 0. The monoisotopic (exact) mass is 320 g/mol. The van der Waals surface area contributed by atoms with Crippen LogP contribution in [-0.4, -0.2) is 62.1 Å². The topological polar surface area (TPSA) is 67.9 Å². The summed E-state index contributed by atoms with van der Waals surface area (Å²) in [5.74, 6) is 0.326. The SMILES string of the molecule is CC(=O)c1cccc(OCC(=O)NCC(C)N2CCOCC2)c1. The second kappa shape index (κ2) is 8.64. The third-order valence-corrected chi connectivity index (χ3v) is 3.87. The van der Waals surface area contributed by atoms with Crippen molar-refractivity contribution in [3.8, 4) is 5.75 Å². The minimum absolute atomic E-state index is 0.0285. The van der Waals surface area contributed by atoms with Gasteiger partial charge in [0, 0.05) is 31.2 Å². The van der Waals surface area contributed by atoms with Crippen LogP contribution in [0.25, 0.3) is 0 Å². The highest BCUT2D eigenvalue weighted by Crippen LogP contribution is 2.13. The number of rotatable bonds is 7. The van der Waals surface area contributed by atoms with Gasteiger partial charge in [-0.05, 0) is 26.0 Å². The summed E-state index contributed by atoms with van der Waals surface area (Å²) in [5, 5.41) is 2.87. The van der Waals surface area contributed by atoms with Gasteiger partial charge in [-0.15, -0.1) is 0 Å². The summed E-state index contributed by atoms with van der Waals surface area (Å²) in [6.45, 7) is 7.38. The van der Waals surface area contributed by atoms with Crippen LogP contribution in [0.4, 0.5) is 0 Å². The van der Waals surface area contributed by atoms with E-state index >= 15 is 0 Å². The van der Waals surface area contributed by atoms with Crippen molar-refractivity contribution in [2.24, 2.45) is 0 Å². The van der Waals surface area contributed by atoms with Crippen LogP contribution in [0.5, 0.6) is 5.75 Å². The first kappa shape index (κ1) is 17.4. The van der Waals surface area contributed by atoms with Crippen molar-refractivity contribution < 1.29 is 19.1 Å². The first-order valence-corrected chi connectivity index (χ1v) is 7.88. The molecule has 2 rings (SSSR count). The van der Waals surface area contributed by atoms with E-state index in [1.165, 1.54) is 6.92 Å². The van der Waals surface area contributed by atoms with E-state index in [1.54, 1.807) is 24.3 Å². The summed E-state index contributed by atoms with van der Waals surface area (Å²) in [6, 6.07) is 7.11. The molecule has 1 aromatic carbocycles. The minimum Gasteiger partial charge on any atom is -0.484 e. The van der Waals surface area contributed by atoms with Gasteiger partial charge in [-0.3, -0.25) is 14.5 Å². The van der Waals surface area contributed by atoms with Gasteiger partial charge < -0.3 is 14.8 Å². The van der Waals surface area contributed by atoms with Crippen LogP contribution in [0.2, 0.25) is 0 Å². The number of hydrogen-bond acceptors (Lipinski definition) is 5. The quantitative estimate of drug-likeness (QED) is 0.762. The molecule has 0 bridgehead atoms. The Labute approximate surface area is 136 Å². The smallest absolute Gasteiger partial charge is 0.257 e. The van der Waals surface area contributed by atoms with Gasteiger partial charge in [0.05, 0.1) is 13.2 Å². The molecule has 1 atom stereocenters. The zero-order valence-electron chi connectivity index (χ0n) is 13.7. The first-order chi connectivity index (χ1) is 11.1. The number of carbonyl (C=O) groups excluding carboxylic acids is 2. The zero-order chi connectivity index (χ0) is 16.7. The maximum absolute atomic E-state index is 11.9. The van der Waals surface area contributed by atoms with E-state index in [-0.39, 0.29) is 24.3 Å². The molecule has 0 saturated carbocycles. The summed E-state index contributed by atoms with van der Waals surface area (Å²) in [6.07, 6.45) is 0. The minimum atomic E-state index is -0.168. The second-order valence-electron chi connectivity index (χ2n) is 5.67. The first-order valence-electron chi connectivity index (χ1n) is 7.88. The van der Waals surface area contributed by atoms with Crippen molar-refractivity contribution in [2.75, 3.05) is 39.5 Å². The third kappa shape index (κ3) is 5.65. The number of benzene rings is 1. The Morgan fingerprint density at radius 1 is 1.35 bits per heavy atom. The lowest BCUT2D eigenvalue weighted by Crippen LogP contribution is -2.47. The molecule has 0 aliphatic carbocycles. The molecule has 6 nitrogen and oxygen atoms in total. The van der Waals surface area contributed by atoms with Crippen molar-refractivity contribution in [3.05, 3.63) is 29.8 Å². The predicted molar refractivity (Wildman–Crippen MR) is 86.8 cm³/mol. The number of Topliss-reactive ketones (excluding diaryl/α,β-unsaturated/α-hetero) is 1. The Morgan fingerprint density at radius 2 is 2.09 bits per heavy atom. The molecule has 1 unspecified atom stereocenters. The fraction of sp³-hybridized carbons (Fsp3) is 0.529. The van der Waals surface area contributed by atoms with Crippen LogP contribution in [0.1, 0.15) is 24.2 Å². The summed E-state index contributed by atoms with van der Waals surface area (Å²) in [5.41, 5.74) is 0.573. The fourth-order valence-corrected chi connectivity index (χ4v) is 2.41. The zero-order valence-corrected chi connectivity index (χ0v) is 13.7. The largest absolute Gasteiger partial charge is 0.484 e. The molecule has 0 radical (unpaired) electrons. The number of ether oxygens (including phenoxy) is 2. The molecule has 0 aromatic heterocycles. The molecule has 126 valence electrons. The number of hydrogen-bond donors (Lipinski definition) is 1. The van der Waals surface area contributed by atoms with Gasteiger partial charge in [0.1, 0.15) is 5.75 Å². The molecular weight excluding hydrogens is 296 g/mol. The molecule has 1 heterocycles. The lowest BCUT2D eigenvalue weighted by atomic mass is 10.1. The van der Waals surface area contributed by atoms with Crippen LogP contribution >= 0.6 is 0 Å². The van der Waals surface area contributed by atoms with Gasteiger partial charge in [-0.1, -0.05) is 12.1 Å². The number of ketones is 1. The van der Waals surface area contributed by atoms with E-state index in [2.05, 4.69) is 17.1 Å². The van der Waals surface area contributed by atoms with E-state index in [1.807, 2.05) is 0 Å². The molecule has 1 aliphatic heterocycles. The van der Waals surface area contributed by atoms with E-state index in [0.29, 0.717) is 17.9 Å². The maximum Gasteiger partial charge on any atom is 0.257 e. The van der Waals surface area contributed by atoms with Crippen LogP contribution in [0.15, 0.2) is 24.3 Å². The van der Waals surface area contributed by atoms with Gasteiger partial charge in [-0.2, -0.15) is 0 Å². The van der Waals surface area contributed by atoms with Crippen LogP contribution < -0.4 is 10.1 Å². The third-order valence-electron chi connectivity index (χ3n) is 3.87. The van der Waals surface area contributed by atoms with E-state index in [4.69, 9.17) is 9.47 Å². The van der Waals surface area contributed by atoms with Crippen LogP contribution in [-0.2, 0) is 9.53 Å². The molecule has 1 saturated heterocycles. The van der Waals surface area contributed by atoms with Gasteiger partial charge in [-0.25, -0.2) is 0 Å². The molecule has 6 heteroatoms. The van der Waals surface area contributed by atoms with Crippen molar-refractivity contribution in [3.63, 3.8) is 0 Å². The van der Waals surface area contributed by atoms with Crippen molar-refractivity contribution in [2.45, 2.75) is 19.9 Å². The molecule has 1 N–H and O–H groups in total. The average Bonchev–Trinajstić information content (AvgIpc) is 2.58. The van der Waals surface area contributed by atoms with E-state index in [9.17, 15) is 9.59 Å². The molecule has 1 fully saturated rings. The normalized spacial score (nSPS) is 16.6. The Balaban J connectivity index is 1.72. The van der Waals surface area contributed by atoms with Crippen LogP contribution in [0, 0.1) is 0 Å². The van der Waals surface area contributed by atoms with Gasteiger partial charge in [0.15, 0.2) is 12.4 Å². The number of carbonyl (C=O) groups is 2.